The van der Waals surface area contributed by atoms with E-state index in [0.29, 0.717) is 10.6 Å². The number of hydrogen-bond donors (Lipinski definition) is 0. The van der Waals surface area contributed by atoms with Crippen molar-refractivity contribution in [3.05, 3.63) is 42.0 Å². The fourth-order valence-electron chi connectivity index (χ4n) is 1.35. The van der Waals surface area contributed by atoms with Crippen molar-refractivity contribution in [3.63, 3.8) is 0 Å². The normalized spacial score (nSPS) is 17.6. The third-order valence-electron chi connectivity index (χ3n) is 2.18. The van der Waals surface area contributed by atoms with Crippen LogP contribution in [0.25, 0.3) is 0 Å². The minimum Gasteiger partial charge on any atom is -0.264 e. The summed E-state index contributed by atoms with van der Waals surface area (Å²) < 4.78 is 28.4. The average Bonchev–Trinajstić information content (AvgIpc) is 2.80. The zero-order valence-electron chi connectivity index (χ0n) is 9.16. The number of rotatable bonds is 3. The van der Waals surface area contributed by atoms with Crippen LogP contribution in [0.2, 0.25) is 0 Å². The van der Waals surface area contributed by atoms with E-state index in [1.54, 1.807) is 31.2 Å². The number of benzene rings is 1. The highest BCUT2D eigenvalue weighted by Gasteiger charge is 2.18. The number of oxime groups is 1. The maximum atomic E-state index is 11.8. The van der Waals surface area contributed by atoms with E-state index < -0.39 is 10.1 Å². The molecule has 1 aliphatic heterocycles. The van der Waals surface area contributed by atoms with Crippen LogP contribution < -0.4 is 0 Å². The van der Waals surface area contributed by atoms with Crippen molar-refractivity contribution in [1.82, 2.24) is 0 Å². The van der Waals surface area contributed by atoms with Gasteiger partial charge in [-0.05, 0) is 24.6 Å². The summed E-state index contributed by atoms with van der Waals surface area (Å²) in [5.41, 5.74) is 0.641. The zero-order chi connectivity index (χ0) is 12.3. The second kappa shape index (κ2) is 4.93. The first-order chi connectivity index (χ1) is 8.09. The molecule has 0 fully saturated rings. The van der Waals surface area contributed by atoms with Crippen molar-refractivity contribution in [1.29, 1.82) is 0 Å². The molecule has 1 aromatic carbocycles. The lowest BCUT2D eigenvalue weighted by Gasteiger charge is -2.04. The first-order valence-corrected chi connectivity index (χ1v) is 7.35. The van der Waals surface area contributed by atoms with E-state index >= 15 is 0 Å². The van der Waals surface area contributed by atoms with Crippen LogP contribution in [0.3, 0.4) is 0 Å². The van der Waals surface area contributed by atoms with Gasteiger partial charge >= 0.3 is 10.1 Å². The molecule has 90 valence electrons. The molecule has 2 rings (SSSR count). The predicted octanol–water partition coefficient (Wildman–Crippen LogP) is 2.32. The minimum absolute atomic E-state index is 0.149. The summed E-state index contributed by atoms with van der Waals surface area (Å²) in [6, 6.07) is 6.65. The van der Waals surface area contributed by atoms with Gasteiger partial charge in [-0.2, -0.15) is 8.42 Å². The largest absolute Gasteiger partial charge is 0.358 e. The van der Waals surface area contributed by atoms with Crippen molar-refractivity contribution in [3.8, 4) is 0 Å². The molecular weight excluding hydrogens is 258 g/mol. The highest BCUT2D eigenvalue weighted by Crippen LogP contribution is 2.19. The molecule has 6 heteroatoms. The van der Waals surface area contributed by atoms with E-state index in [9.17, 15) is 8.42 Å². The smallest absolute Gasteiger partial charge is 0.264 e. The quantitative estimate of drug-likeness (QED) is 0.790. The Hall–Kier alpha value is -1.27. The van der Waals surface area contributed by atoms with Crippen LogP contribution in [-0.4, -0.2) is 19.2 Å². The monoisotopic (exact) mass is 269 g/mol. The first-order valence-electron chi connectivity index (χ1n) is 4.96. The second-order valence-electron chi connectivity index (χ2n) is 3.44. The molecular formula is C11H11NO3S2. The lowest BCUT2D eigenvalue weighted by atomic mass is 10.2. The summed E-state index contributed by atoms with van der Waals surface area (Å²) in [6.45, 7) is 1.72. The summed E-state index contributed by atoms with van der Waals surface area (Å²) in [7, 11) is -3.81. The van der Waals surface area contributed by atoms with Crippen molar-refractivity contribution < 1.29 is 12.7 Å². The Morgan fingerprint density at radius 3 is 2.76 bits per heavy atom. The van der Waals surface area contributed by atoms with Gasteiger partial charge in [0.25, 0.3) is 0 Å². The van der Waals surface area contributed by atoms with Crippen LogP contribution >= 0.6 is 11.8 Å². The molecule has 0 atom stereocenters. The van der Waals surface area contributed by atoms with Gasteiger partial charge in [0.05, 0.1) is 0 Å². The van der Waals surface area contributed by atoms with Gasteiger partial charge in [0, 0.05) is 5.75 Å². The minimum atomic E-state index is -3.81. The van der Waals surface area contributed by atoms with Crippen LogP contribution in [0.1, 0.15) is 5.56 Å². The fraction of sp³-hybridized carbons (Fsp3) is 0.182. The highest BCUT2D eigenvalue weighted by molar-refractivity contribution is 8.14. The van der Waals surface area contributed by atoms with Gasteiger partial charge in [-0.3, -0.25) is 4.28 Å². The molecule has 17 heavy (non-hydrogen) atoms. The Morgan fingerprint density at radius 1 is 1.35 bits per heavy atom. The van der Waals surface area contributed by atoms with Crippen LogP contribution in [-0.2, 0) is 14.4 Å². The molecule has 0 radical (unpaired) electrons. The maximum absolute atomic E-state index is 11.8. The van der Waals surface area contributed by atoms with E-state index in [1.165, 1.54) is 17.8 Å². The van der Waals surface area contributed by atoms with Crippen molar-refractivity contribution in [2.24, 2.45) is 5.16 Å². The zero-order valence-corrected chi connectivity index (χ0v) is 10.8. The van der Waals surface area contributed by atoms with Gasteiger partial charge in [0.15, 0.2) is 0 Å². The Morgan fingerprint density at radius 2 is 2.12 bits per heavy atom. The summed E-state index contributed by atoms with van der Waals surface area (Å²) in [6.07, 6.45) is 3.63. The third kappa shape index (κ3) is 2.89. The Labute approximate surface area is 104 Å². The lowest BCUT2D eigenvalue weighted by Crippen LogP contribution is -2.05. The van der Waals surface area contributed by atoms with Crippen molar-refractivity contribution >= 4 is 26.9 Å². The molecule has 0 spiro atoms. The van der Waals surface area contributed by atoms with E-state index in [-0.39, 0.29) is 4.90 Å². The molecule has 0 saturated carbocycles. The van der Waals surface area contributed by atoms with Crippen LogP contribution in [0.15, 0.2) is 46.5 Å². The molecule has 0 aliphatic carbocycles. The lowest BCUT2D eigenvalue weighted by molar-refractivity contribution is 0.340. The summed E-state index contributed by atoms with van der Waals surface area (Å²) in [5.74, 6) is 0.798. The van der Waals surface area contributed by atoms with E-state index in [1.807, 2.05) is 6.08 Å². The van der Waals surface area contributed by atoms with Gasteiger partial charge in [-0.25, -0.2) is 0 Å². The summed E-state index contributed by atoms with van der Waals surface area (Å²) >= 11 is 1.43. The third-order valence-corrected chi connectivity index (χ3v) is 4.31. The molecule has 1 aromatic rings. The van der Waals surface area contributed by atoms with Crippen LogP contribution in [0.5, 0.6) is 0 Å². The van der Waals surface area contributed by atoms with E-state index in [0.717, 1.165) is 5.75 Å². The topological polar surface area (TPSA) is 55.7 Å². The van der Waals surface area contributed by atoms with E-state index in [2.05, 4.69) is 9.44 Å². The van der Waals surface area contributed by atoms with Crippen molar-refractivity contribution in [2.75, 3.05) is 5.75 Å². The number of hydrogen-bond acceptors (Lipinski definition) is 5. The first kappa shape index (κ1) is 12.2. The van der Waals surface area contributed by atoms with Crippen LogP contribution in [0, 0.1) is 6.92 Å². The van der Waals surface area contributed by atoms with Crippen LogP contribution in [0.4, 0.5) is 0 Å². The number of thioether (sulfide) groups is 1. The van der Waals surface area contributed by atoms with Gasteiger partial charge in [-0.1, -0.05) is 41.2 Å². The Bertz CT molecular complexity index is 576. The molecule has 0 bridgehead atoms. The standard InChI is InChI=1S/C11H11NO3S2/c1-9-5-2-3-6-10(9)17(13,14)15-12-11-7-4-8-16-11/h2-7H,8H2,1H3. The average molecular weight is 269 g/mol. The van der Waals surface area contributed by atoms with Gasteiger partial charge in [0.1, 0.15) is 9.94 Å². The molecule has 0 saturated heterocycles. The van der Waals surface area contributed by atoms with E-state index in [4.69, 9.17) is 0 Å². The van der Waals surface area contributed by atoms with Gasteiger partial charge < -0.3 is 0 Å². The van der Waals surface area contributed by atoms with Crippen molar-refractivity contribution in [2.45, 2.75) is 11.8 Å². The second-order valence-corrected chi connectivity index (χ2v) is 5.97. The molecule has 4 nitrogen and oxygen atoms in total. The highest BCUT2D eigenvalue weighted by atomic mass is 32.2. The maximum Gasteiger partial charge on any atom is 0.358 e. The summed E-state index contributed by atoms with van der Waals surface area (Å²) in [5, 5.41) is 4.19. The van der Waals surface area contributed by atoms with Gasteiger partial charge in [0.2, 0.25) is 0 Å². The molecule has 0 unspecified atom stereocenters. The SMILES string of the molecule is Cc1ccccc1S(=O)(=O)ON=C1C=CCS1. The molecule has 1 aliphatic rings. The fourth-order valence-corrected chi connectivity index (χ4v) is 3.01. The number of nitrogens with zero attached hydrogens (tertiary/aromatic N) is 1. The molecule has 0 amide bonds. The number of aryl methyl sites for hydroxylation is 1. The summed E-state index contributed by atoms with van der Waals surface area (Å²) in [4.78, 5) is 0.149. The van der Waals surface area contributed by atoms with Gasteiger partial charge in [-0.15, -0.1) is 0 Å². The Kier molecular flexibility index (Phi) is 3.54. The molecule has 0 N–H and O–H groups in total. The molecule has 0 aromatic heterocycles. The Balaban J connectivity index is 2.23. The predicted molar refractivity (Wildman–Crippen MR) is 68.5 cm³/mol. The molecule has 1 heterocycles.